The van der Waals surface area contributed by atoms with Crippen LogP contribution in [-0.4, -0.2) is 34.5 Å². The maximum atomic E-state index is 11.8. The average molecular weight is 298 g/mol. The fourth-order valence-electron chi connectivity index (χ4n) is 1.67. The molecule has 20 heavy (non-hydrogen) atoms. The number of phenolic OH excluding ortho intramolecular Hbond substituents is 1. The number of amides is 1. The summed E-state index contributed by atoms with van der Waals surface area (Å²) in [5, 5.41) is 22.7. The molecule has 2 N–H and O–H groups in total. The van der Waals surface area contributed by atoms with Gasteiger partial charge in [-0.2, -0.15) is 11.8 Å². The smallest absolute Gasteiger partial charge is 0.310 e. The van der Waals surface area contributed by atoms with Crippen LogP contribution in [0.25, 0.3) is 0 Å². The average Bonchev–Trinajstić information content (AvgIpc) is 2.41. The van der Waals surface area contributed by atoms with Crippen LogP contribution in [0.3, 0.4) is 0 Å². The first-order chi connectivity index (χ1) is 9.56. The van der Waals surface area contributed by atoms with E-state index in [1.54, 1.807) is 11.8 Å². The van der Waals surface area contributed by atoms with Crippen molar-refractivity contribution >= 4 is 23.4 Å². The van der Waals surface area contributed by atoms with Gasteiger partial charge in [0.05, 0.1) is 4.92 Å². The Morgan fingerprint density at radius 3 is 2.75 bits per heavy atom. The zero-order chi connectivity index (χ0) is 15.0. The van der Waals surface area contributed by atoms with Gasteiger partial charge in [0.15, 0.2) is 5.75 Å². The molecule has 0 unspecified atom stereocenters. The van der Waals surface area contributed by atoms with Gasteiger partial charge >= 0.3 is 5.69 Å². The number of benzene rings is 1. The molecule has 1 aromatic carbocycles. The SMILES string of the molecule is CSCCCCCNC(=O)c1ccc([N+](=O)[O-])c(O)c1. The van der Waals surface area contributed by atoms with Gasteiger partial charge in [0.2, 0.25) is 0 Å². The molecule has 0 aliphatic carbocycles. The van der Waals surface area contributed by atoms with Gasteiger partial charge < -0.3 is 10.4 Å². The van der Waals surface area contributed by atoms with Crippen molar-refractivity contribution < 1.29 is 14.8 Å². The lowest BCUT2D eigenvalue weighted by atomic mass is 10.1. The standard InChI is InChI=1S/C13H18N2O4S/c1-20-8-4-2-3-7-14-13(17)10-5-6-11(15(18)19)12(16)9-10/h5-6,9,16H,2-4,7-8H2,1H3,(H,14,17). The van der Waals surface area contributed by atoms with Crippen LogP contribution in [0.2, 0.25) is 0 Å². The molecule has 0 aliphatic heterocycles. The van der Waals surface area contributed by atoms with Gasteiger partial charge in [0.25, 0.3) is 5.91 Å². The van der Waals surface area contributed by atoms with E-state index in [0.29, 0.717) is 6.54 Å². The Hall–Kier alpha value is -1.76. The van der Waals surface area contributed by atoms with E-state index in [9.17, 15) is 20.0 Å². The molecule has 0 atom stereocenters. The molecule has 0 bridgehead atoms. The van der Waals surface area contributed by atoms with Crippen LogP contribution in [0, 0.1) is 10.1 Å². The van der Waals surface area contributed by atoms with Crippen molar-refractivity contribution in [3.05, 3.63) is 33.9 Å². The molecule has 0 aliphatic rings. The number of carbonyl (C=O) groups is 1. The highest BCUT2D eigenvalue weighted by Crippen LogP contribution is 2.26. The number of aromatic hydroxyl groups is 1. The first-order valence-corrected chi connectivity index (χ1v) is 7.70. The molecule has 0 saturated carbocycles. The van der Waals surface area contributed by atoms with Crippen LogP contribution < -0.4 is 5.32 Å². The number of nitrogens with one attached hydrogen (secondary N) is 1. The first-order valence-electron chi connectivity index (χ1n) is 6.30. The minimum Gasteiger partial charge on any atom is -0.502 e. The van der Waals surface area contributed by atoms with E-state index in [1.165, 1.54) is 6.07 Å². The molecule has 1 rings (SSSR count). The van der Waals surface area contributed by atoms with Gasteiger partial charge in [-0.1, -0.05) is 6.42 Å². The van der Waals surface area contributed by atoms with E-state index in [-0.39, 0.29) is 11.5 Å². The third-order valence-electron chi connectivity index (χ3n) is 2.75. The molecule has 1 amide bonds. The van der Waals surface area contributed by atoms with Crippen LogP contribution in [0.4, 0.5) is 5.69 Å². The summed E-state index contributed by atoms with van der Waals surface area (Å²) < 4.78 is 0. The summed E-state index contributed by atoms with van der Waals surface area (Å²) in [6.07, 6.45) is 5.12. The number of nitrogens with zero attached hydrogens (tertiary/aromatic N) is 1. The number of carbonyl (C=O) groups excluding carboxylic acids is 1. The Kier molecular flexibility index (Phi) is 6.86. The largest absolute Gasteiger partial charge is 0.502 e. The molecule has 7 heteroatoms. The molecule has 0 fully saturated rings. The second-order valence-electron chi connectivity index (χ2n) is 4.27. The lowest BCUT2D eigenvalue weighted by Crippen LogP contribution is -2.24. The van der Waals surface area contributed by atoms with E-state index in [4.69, 9.17) is 0 Å². The van der Waals surface area contributed by atoms with Crippen molar-refractivity contribution in [2.75, 3.05) is 18.6 Å². The van der Waals surface area contributed by atoms with Crippen LogP contribution >= 0.6 is 11.8 Å². The lowest BCUT2D eigenvalue weighted by molar-refractivity contribution is -0.385. The Bertz CT molecular complexity index is 479. The third kappa shape index (κ3) is 5.08. The number of nitro groups is 1. The van der Waals surface area contributed by atoms with Gasteiger partial charge in [0, 0.05) is 18.2 Å². The summed E-state index contributed by atoms with van der Waals surface area (Å²) >= 11 is 1.80. The van der Waals surface area contributed by atoms with E-state index in [2.05, 4.69) is 11.6 Å². The van der Waals surface area contributed by atoms with Gasteiger partial charge in [-0.15, -0.1) is 0 Å². The zero-order valence-corrected chi connectivity index (χ0v) is 12.1. The van der Waals surface area contributed by atoms with Crippen molar-refractivity contribution in [1.29, 1.82) is 0 Å². The normalized spacial score (nSPS) is 10.2. The fraction of sp³-hybridized carbons (Fsp3) is 0.462. The summed E-state index contributed by atoms with van der Waals surface area (Å²) in [5.41, 5.74) is -0.184. The van der Waals surface area contributed by atoms with E-state index in [1.807, 2.05) is 0 Å². The summed E-state index contributed by atoms with van der Waals surface area (Å²) in [6.45, 7) is 0.560. The van der Waals surface area contributed by atoms with Crippen LogP contribution in [-0.2, 0) is 0 Å². The summed E-state index contributed by atoms with van der Waals surface area (Å²) in [7, 11) is 0. The molecule has 6 nitrogen and oxygen atoms in total. The number of nitro benzene ring substituents is 1. The quantitative estimate of drug-likeness (QED) is 0.437. The first kappa shape index (κ1) is 16.3. The molecule has 0 radical (unpaired) electrons. The van der Waals surface area contributed by atoms with Crippen molar-refractivity contribution in [1.82, 2.24) is 5.32 Å². The zero-order valence-electron chi connectivity index (χ0n) is 11.3. The summed E-state index contributed by atoms with van der Waals surface area (Å²) in [5.74, 6) is 0.284. The number of phenols is 1. The van der Waals surface area contributed by atoms with Gasteiger partial charge in [-0.3, -0.25) is 14.9 Å². The Balaban J connectivity index is 2.44. The molecule has 1 aromatic rings. The maximum absolute atomic E-state index is 11.8. The Labute approximate surface area is 121 Å². The fourth-order valence-corrected chi connectivity index (χ4v) is 2.16. The predicted octanol–water partition coefficient (Wildman–Crippen LogP) is 2.56. The number of hydrogen-bond donors (Lipinski definition) is 2. The lowest BCUT2D eigenvalue weighted by Gasteiger charge is -2.05. The number of unbranched alkanes of at least 4 members (excludes halogenated alkanes) is 2. The second kappa shape index (κ2) is 8.42. The molecule has 110 valence electrons. The highest BCUT2D eigenvalue weighted by atomic mass is 32.2. The van der Waals surface area contributed by atoms with Gasteiger partial charge in [-0.25, -0.2) is 0 Å². The highest BCUT2D eigenvalue weighted by molar-refractivity contribution is 7.98. The van der Waals surface area contributed by atoms with Crippen LogP contribution in [0.1, 0.15) is 29.6 Å². The van der Waals surface area contributed by atoms with Crippen molar-refractivity contribution in [2.24, 2.45) is 0 Å². The minimum atomic E-state index is -0.692. The van der Waals surface area contributed by atoms with E-state index in [0.717, 1.165) is 37.1 Å². The van der Waals surface area contributed by atoms with E-state index < -0.39 is 16.4 Å². The molecule has 0 aromatic heterocycles. The maximum Gasteiger partial charge on any atom is 0.310 e. The highest BCUT2D eigenvalue weighted by Gasteiger charge is 2.15. The van der Waals surface area contributed by atoms with Crippen molar-refractivity contribution in [3.8, 4) is 5.75 Å². The van der Waals surface area contributed by atoms with Crippen LogP contribution in [0.5, 0.6) is 5.75 Å². The third-order valence-corrected chi connectivity index (χ3v) is 3.44. The van der Waals surface area contributed by atoms with Crippen molar-refractivity contribution in [3.63, 3.8) is 0 Å². The molecular formula is C13H18N2O4S. The topological polar surface area (TPSA) is 92.5 Å². The number of rotatable bonds is 8. The monoisotopic (exact) mass is 298 g/mol. The Morgan fingerprint density at radius 1 is 1.40 bits per heavy atom. The molecule has 0 heterocycles. The van der Waals surface area contributed by atoms with Crippen molar-refractivity contribution in [2.45, 2.75) is 19.3 Å². The number of thioether (sulfide) groups is 1. The second-order valence-corrected chi connectivity index (χ2v) is 5.26. The number of hydrogen-bond acceptors (Lipinski definition) is 5. The summed E-state index contributed by atoms with van der Waals surface area (Å²) in [4.78, 5) is 21.6. The van der Waals surface area contributed by atoms with Gasteiger partial charge in [0.1, 0.15) is 0 Å². The molecule has 0 saturated heterocycles. The summed E-state index contributed by atoms with van der Waals surface area (Å²) in [6, 6.07) is 3.57. The molecular weight excluding hydrogens is 280 g/mol. The van der Waals surface area contributed by atoms with E-state index >= 15 is 0 Å². The predicted molar refractivity (Wildman–Crippen MR) is 79.3 cm³/mol. The molecule has 0 spiro atoms. The minimum absolute atomic E-state index is 0.220. The van der Waals surface area contributed by atoms with Gasteiger partial charge in [-0.05, 0) is 37.0 Å². The van der Waals surface area contributed by atoms with Crippen LogP contribution in [0.15, 0.2) is 18.2 Å². The Morgan fingerprint density at radius 2 is 2.15 bits per heavy atom.